The van der Waals surface area contributed by atoms with E-state index < -0.39 is 48.3 Å². The summed E-state index contributed by atoms with van der Waals surface area (Å²) >= 11 is 0. The van der Waals surface area contributed by atoms with Crippen molar-refractivity contribution in [3.05, 3.63) is 83.7 Å². The third-order valence-electron chi connectivity index (χ3n) is 8.32. The third kappa shape index (κ3) is 13.1. The molecule has 1 heterocycles. The first-order valence-corrected chi connectivity index (χ1v) is 15.8. The van der Waals surface area contributed by atoms with E-state index >= 15 is 0 Å². The van der Waals surface area contributed by atoms with Crippen LogP contribution in [-0.2, 0) is 23.8 Å². The molecule has 0 saturated heterocycles. The van der Waals surface area contributed by atoms with Crippen molar-refractivity contribution in [3.63, 3.8) is 0 Å². The van der Waals surface area contributed by atoms with Crippen LogP contribution in [0, 0.1) is 29.6 Å². The summed E-state index contributed by atoms with van der Waals surface area (Å²) in [5, 5.41) is 32.6. The Kier molecular flexibility index (Phi) is 17.9. The normalized spacial score (nSPS) is 32.0. The van der Waals surface area contributed by atoms with Crippen LogP contribution in [0.1, 0.15) is 61.8 Å². The highest BCUT2D eigenvalue weighted by molar-refractivity contribution is 5.92. The van der Waals surface area contributed by atoms with E-state index in [-0.39, 0.29) is 29.3 Å². The van der Waals surface area contributed by atoms with Crippen molar-refractivity contribution in [1.82, 2.24) is 0 Å². The SMILES string of the molecule is C/C=C/C=C/C(O)C(C)/C=C/C(=O)C(C)C(O)C(C)C1OC(=O)/C(OC)=C/C(C)=C/C(C)C(O)C(C)C/C(C)=C/C=C/C1OC. The molecule has 1 aliphatic rings. The van der Waals surface area contributed by atoms with Crippen molar-refractivity contribution in [3.8, 4) is 0 Å². The largest absolute Gasteiger partial charge is 0.490 e. The van der Waals surface area contributed by atoms with Crippen molar-refractivity contribution in [1.29, 1.82) is 0 Å². The number of rotatable bonds is 11. The van der Waals surface area contributed by atoms with Crippen LogP contribution >= 0.6 is 0 Å². The maximum Gasteiger partial charge on any atom is 0.373 e. The third-order valence-corrected chi connectivity index (χ3v) is 8.32. The molecule has 0 aliphatic carbocycles. The number of hydrogen-bond donors (Lipinski definition) is 3. The molecule has 0 fully saturated rings. The number of aliphatic hydroxyl groups is 3. The van der Waals surface area contributed by atoms with E-state index in [1.807, 2.05) is 58.9 Å². The van der Waals surface area contributed by atoms with E-state index in [1.165, 1.54) is 20.3 Å². The van der Waals surface area contributed by atoms with Gasteiger partial charge in [-0.2, -0.15) is 0 Å². The van der Waals surface area contributed by atoms with Crippen molar-refractivity contribution in [2.24, 2.45) is 29.6 Å². The summed E-state index contributed by atoms with van der Waals surface area (Å²) in [7, 11) is 2.85. The fraction of sp³-hybridized carbons (Fsp3) is 0.568. The highest BCUT2D eigenvalue weighted by atomic mass is 16.6. The predicted octanol–water partition coefficient (Wildman–Crippen LogP) is 5.82. The Morgan fingerprint density at radius 1 is 1.09 bits per heavy atom. The minimum Gasteiger partial charge on any atom is -0.490 e. The second kappa shape index (κ2) is 20.2. The number of cyclic esters (lactones) is 1. The van der Waals surface area contributed by atoms with Crippen LogP contribution in [0.3, 0.4) is 0 Å². The summed E-state index contributed by atoms with van der Waals surface area (Å²) in [5.74, 6) is -3.18. The van der Waals surface area contributed by atoms with Crippen LogP contribution in [0.5, 0.6) is 0 Å². The first kappa shape index (κ1) is 40.0. The lowest BCUT2D eigenvalue weighted by Crippen LogP contribution is -2.45. The lowest BCUT2D eigenvalue weighted by Gasteiger charge is -2.33. The molecular formula is C37H56O8. The lowest BCUT2D eigenvalue weighted by atomic mass is 9.84. The summed E-state index contributed by atoms with van der Waals surface area (Å²) in [6.07, 6.45) is 15.4. The van der Waals surface area contributed by atoms with Gasteiger partial charge in [0.25, 0.3) is 0 Å². The molecule has 1 aliphatic heterocycles. The summed E-state index contributed by atoms with van der Waals surface area (Å²) in [6, 6.07) is 0. The number of esters is 1. The average Bonchev–Trinajstić information content (AvgIpc) is 3.01. The predicted molar refractivity (Wildman–Crippen MR) is 179 cm³/mol. The molecule has 0 radical (unpaired) electrons. The lowest BCUT2D eigenvalue weighted by molar-refractivity contribution is -0.162. The number of carbonyl (C=O) groups excluding carboxylic acids is 2. The molecule has 0 spiro atoms. The van der Waals surface area contributed by atoms with Gasteiger partial charge in [-0.1, -0.05) is 100 Å². The number of ketones is 1. The average molecular weight is 629 g/mol. The Morgan fingerprint density at radius 2 is 1.76 bits per heavy atom. The van der Waals surface area contributed by atoms with Crippen LogP contribution in [0.15, 0.2) is 83.7 Å². The summed E-state index contributed by atoms with van der Waals surface area (Å²) in [4.78, 5) is 26.5. The molecule has 0 aromatic heterocycles. The van der Waals surface area contributed by atoms with Crippen LogP contribution in [0.2, 0.25) is 0 Å². The topological polar surface area (TPSA) is 123 Å². The number of carbonyl (C=O) groups is 2. The van der Waals surface area contributed by atoms with E-state index in [4.69, 9.17) is 14.2 Å². The second-order valence-electron chi connectivity index (χ2n) is 12.3. The van der Waals surface area contributed by atoms with Gasteiger partial charge in [-0.05, 0) is 45.3 Å². The van der Waals surface area contributed by atoms with Gasteiger partial charge in [0.1, 0.15) is 12.2 Å². The van der Waals surface area contributed by atoms with Gasteiger partial charge >= 0.3 is 5.97 Å². The molecule has 0 saturated carbocycles. The molecule has 10 unspecified atom stereocenters. The summed E-state index contributed by atoms with van der Waals surface area (Å²) < 4.78 is 17.1. The Morgan fingerprint density at radius 3 is 2.36 bits per heavy atom. The van der Waals surface area contributed by atoms with Crippen molar-refractivity contribution >= 4 is 11.8 Å². The van der Waals surface area contributed by atoms with E-state index in [1.54, 1.807) is 57.2 Å². The Balaban J connectivity index is 3.41. The molecule has 45 heavy (non-hydrogen) atoms. The zero-order valence-electron chi connectivity index (χ0n) is 28.7. The molecule has 8 nitrogen and oxygen atoms in total. The minimum absolute atomic E-state index is 0.00686. The molecule has 0 aromatic carbocycles. The highest BCUT2D eigenvalue weighted by Gasteiger charge is 2.38. The molecule has 1 rings (SSSR count). The highest BCUT2D eigenvalue weighted by Crippen LogP contribution is 2.27. The van der Waals surface area contributed by atoms with E-state index in [2.05, 4.69) is 0 Å². The van der Waals surface area contributed by atoms with Crippen LogP contribution in [0.4, 0.5) is 0 Å². The molecule has 8 heteroatoms. The second-order valence-corrected chi connectivity index (χ2v) is 12.3. The molecule has 0 amide bonds. The number of ether oxygens (including phenoxy) is 3. The first-order valence-electron chi connectivity index (χ1n) is 15.8. The first-order chi connectivity index (χ1) is 21.2. The number of allylic oxidation sites excluding steroid dienone is 9. The fourth-order valence-corrected chi connectivity index (χ4v) is 5.29. The van der Waals surface area contributed by atoms with Crippen molar-refractivity contribution in [2.45, 2.75) is 92.3 Å². The summed E-state index contributed by atoms with van der Waals surface area (Å²) in [5.41, 5.74) is 1.77. The van der Waals surface area contributed by atoms with Crippen molar-refractivity contribution in [2.75, 3.05) is 14.2 Å². The van der Waals surface area contributed by atoms with Crippen molar-refractivity contribution < 1.29 is 39.1 Å². The standard InChI is InChI=1S/C37H56O8/c1-11-12-13-16-30(38)25(4)18-19-31(39)28(7)35(41)29(8)36-32(43-9)17-14-15-23(2)20-26(5)34(40)27(6)21-24(3)22-33(44-10)37(42)45-36/h11-19,21-22,25-30,32,34-36,38,40-41H,20H2,1-10H3/b12-11+,16-13+,17-14+,19-18+,23-15+,24-21+,33-22-. The smallest absolute Gasteiger partial charge is 0.373 e. The number of methoxy groups -OCH3 is 2. The van der Waals surface area contributed by atoms with Gasteiger partial charge in [0.2, 0.25) is 5.76 Å². The number of aliphatic hydroxyl groups excluding tert-OH is 3. The maximum absolute atomic E-state index is 13.4. The molecule has 0 bridgehead atoms. The van der Waals surface area contributed by atoms with Gasteiger partial charge in [0.15, 0.2) is 5.78 Å². The monoisotopic (exact) mass is 628 g/mol. The van der Waals surface area contributed by atoms with E-state index in [0.29, 0.717) is 6.42 Å². The molecule has 3 N–H and O–H groups in total. The van der Waals surface area contributed by atoms with Crippen LogP contribution in [-0.4, -0.2) is 71.8 Å². The zero-order valence-corrected chi connectivity index (χ0v) is 28.7. The maximum atomic E-state index is 13.4. The van der Waals surface area contributed by atoms with Crippen LogP contribution in [0.25, 0.3) is 0 Å². The van der Waals surface area contributed by atoms with E-state index in [0.717, 1.165) is 11.1 Å². The van der Waals surface area contributed by atoms with Gasteiger partial charge in [-0.3, -0.25) is 4.79 Å². The van der Waals surface area contributed by atoms with Gasteiger partial charge < -0.3 is 29.5 Å². The van der Waals surface area contributed by atoms with Crippen LogP contribution < -0.4 is 0 Å². The van der Waals surface area contributed by atoms with E-state index in [9.17, 15) is 24.9 Å². The molecule has 252 valence electrons. The Hall–Kier alpha value is -3.04. The Bertz CT molecular complexity index is 1160. The zero-order chi connectivity index (χ0) is 34.3. The number of hydrogen-bond acceptors (Lipinski definition) is 8. The van der Waals surface area contributed by atoms with Gasteiger partial charge in [-0.25, -0.2) is 4.79 Å². The van der Waals surface area contributed by atoms with Gasteiger partial charge in [0.05, 0.1) is 25.4 Å². The minimum atomic E-state index is -1.19. The Labute approximate surface area is 270 Å². The molecule has 10 atom stereocenters. The molecule has 0 aromatic rings. The summed E-state index contributed by atoms with van der Waals surface area (Å²) in [6.45, 7) is 14.7. The fourth-order valence-electron chi connectivity index (χ4n) is 5.29. The molecular weight excluding hydrogens is 572 g/mol. The quantitative estimate of drug-likeness (QED) is 0.149. The van der Waals surface area contributed by atoms with Gasteiger partial charge in [0, 0.05) is 30.8 Å². The van der Waals surface area contributed by atoms with Gasteiger partial charge in [-0.15, -0.1) is 0 Å².